The van der Waals surface area contributed by atoms with Crippen LogP contribution in [0.4, 0.5) is 0 Å². The molecule has 0 saturated carbocycles. The second-order valence-corrected chi connectivity index (χ2v) is 11.3. The van der Waals surface area contributed by atoms with Gasteiger partial charge in [-0.1, -0.05) is 78.9 Å². The van der Waals surface area contributed by atoms with Crippen LogP contribution in [0, 0.1) is 0 Å². The van der Waals surface area contributed by atoms with Crippen molar-refractivity contribution in [1.82, 2.24) is 10.2 Å². The lowest BCUT2D eigenvalue weighted by Crippen LogP contribution is -2.71. The van der Waals surface area contributed by atoms with Crippen molar-refractivity contribution in [3.8, 4) is 5.75 Å². The number of fused-ring (bicyclic) bond motifs is 1. The molecule has 196 valence electrons. The van der Waals surface area contributed by atoms with Crippen LogP contribution in [0.1, 0.15) is 24.2 Å². The highest BCUT2D eigenvalue weighted by atomic mass is 35.5. The van der Waals surface area contributed by atoms with Crippen LogP contribution < -0.4 is 10.1 Å². The summed E-state index contributed by atoms with van der Waals surface area (Å²) in [5, 5.41) is 2.32. The number of hydrogen-bond acceptors (Lipinski definition) is 6. The number of benzene rings is 3. The number of carbonyl (C=O) groups is 3. The second-order valence-electron chi connectivity index (χ2n) is 9.39. The number of β-lactam (4-membered cyclic amide) rings is 1. The molecule has 0 aromatic heterocycles. The third kappa shape index (κ3) is 5.11. The fourth-order valence-electron chi connectivity index (χ4n) is 4.77. The number of ether oxygens (including phenoxy) is 2. The SMILES string of the molecule is C[C@@]1(CCl)S[C@@H]2[C@H](NC(=O)COc3ccccc3)C(=O)N2[C@H]1C(=O)OC(c1ccccc1)c1ccccc1. The first kappa shape index (κ1) is 26.1. The largest absolute Gasteiger partial charge is 0.484 e. The van der Waals surface area contributed by atoms with E-state index in [-0.39, 0.29) is 18.4 Å². The predicted octanol–water partition coefficient (Wildman–Crippen LogP) is 4.16. The van der Waals surface area contributed by atoms with Crippen molar-refractivity contribution < 1.29 is 23.9 Å². The number of alkyl halides is 1. The van der Waals surface area contributed by atoms with E-state index in [0.29, 0.717) is 5.75 Å². The summed E-state index contributed by atoms with van der Waals surface area (Å²) >= 11 is 7.76. The second kappa shape index (κ2) is 11.1. The first-order chi connectivity index (χ1) is 18.4. The molecule has 1 N–H and O–H groups in total. The highest BCUT2D eigenvalue weighted by Gasteiger charge is 2.66. The van der Waals surface area contributed by atoms with Crippen LogP contribution in [0.2, 0.25) is 0 Å². The third-order valence-electron chi connectivity index (χ3n) is 6.68. The Labute approximate surface area is 230 Å². The Hall–Kier alpha value is -3.49. The first-order valence-electron chi connectivity index (χ1n) is 12.2. The summed E-state index contributed by atoms with van der Waals surface area (Å²) < 4.78 is 10.8. The maximum absolute atomic E-state index is 13.7. The summed E-state index contributed by atoms with van der Waals surface area (Å²) in [7, 11) is 0. The maximum atomic E-state index is 13.7. The number of hydrogen-bond donors (Lipinski definition) is 1. The average molecular weight is 551 g/mol. The van der Waals surface area contributed by atoms with Crippen LogP contribution in [0.3, 0.4) is 0 Å². The molecule has 5 rings (SSSR count). The molecule has 2 aliphatic heterocycles. The van der Waals surface area contributed by atoms with Crippen molar-refractivity contribution in [2.24, 2.45) is 0 Å². The number of rotatable bonds is 9. The van der Waals surface area contributed by atoms with Crippen molar-refractivity contribution in [2.45, 2.75) is 35.2 Å². The van der Waals surface area contributed by atoms with E-state index >= 15 is 0 Å². The lowest BCUT2D eigenvalue weighted by molar-refractivity contribution is -0.166. The molecule has 2 saturated heterocycles. The van der Waals surface area contributed by atoms with Crippen LogP contribution in [0.5, 0.6) is 5.75 Å². The van der Waals surface area contributed by atoms with E-state index in [1.807, 2.05) is 85.8 Å². The Kier molecular flexibility index (Phi) is 7.63. The molecule has 0 bridgehead atoms. The fraction of sp³-hybridized carbons (Fsp3) is 0.276. The first-order valence-corrected chi connectivity index (χ1v) is 13.7. The minimum Gasteiger partial charge on any atom is -0.484 e. The van der Waals surface area contributed by atoms with Gasteiger partial charge in [0.25, 0.3) is 5.91 Å². The molecule has 9 heteroatoms. The number of amides is 2. The molecule has 3 aromatic carbocycles. The number of esters is 1. The van der Waals surface area contributed by atoms with Gasteiger partial charge in [0.2, 0.25) is 5.91 Å². The van der Waals surface area contributed by atoms with Gasteiger partial charge in [-0.05, 0) is 30.2 Å². The van der Waals surface area contributed by atoms with Gasteiger partial charge in [0.15, 0.2) is 12.7 Å². The average Bonchev–Trinajstić information content (AvgIpc) is 3.25. The van der Waals surface area contributed by atoms with Gasteiger partial charge in [0, 0.05) is 5.88 Å². The Balaban J connectivity index is 1.30. The predicted molar refractivity (Wildman–Crippen MR) is 146 cm³/mol. The van der Waals surface area contributed by atoms with Gasteiger partial charge >= 0.3 is 5.97 Å². The Morgan fingerprint density at radius 2 is 1.53 bits per heavy atom. The van der Waals surface area contributed by atoms with Gasteiger partial charge < -0.3 is 19.7 Å². The van der Waals surface area contributed by atoms with Gasteiger partial charge in [0.05, 0.1) is 4.75 Å². The summed E-state index contributed by atoms with van der Waals surface area (Å²) in [4.78, 5) is 40.9. The number of nitrogens with one attached hydrogen (secondary N) is 1. The number of thioether (sulfide) groups is 1. The van der Waals surface area contributed by atoms with E-state index < -0.39 is 40.2 Å². The van der Waals surface area contributed by atoms with Gasteiger partial charge in [-0.3, -0.25) is 9.59 Å². The van der Waals surface area contributed by atoms with Crippen molar-refractivity contribution in [3.63, 3.8) is 0 Å². The third-order valence-corrected chi connectivity index (χ3v) is 9.04. The number of para-hydroxylation sites is 1. The zero-order valence-corrected chi connectivity index (χ0v) is 22.2. The minimum atomic E-state index is -0.897. The molecular weight excluding hydrogens is 524 g/mol. The molecule has 4 atom stereocenters. The normalized spacial score (nSPS) is 23.9. The molecular formula is C29H27ClN2O5S. The van der Waals surface area contributed by atoms with E-state index in [1.54, 1.807) is 12.1 Å². The zero-order valence-electron chi connectivity index (χ0n) is 20.7. The van der Waals surface area contributed by atoms with Crippen molar-refractivity contribution in [3.05, 3.63) is 102 Å². The number of nitrogens with zero attached hydrogens (tertiary/aromatic N) is 1. The van der Waals surface area contributed by atoms with Gasteiger partial charge in [-0.25, -0.2) is 4.79 Å². The quantitative estimate of drug-likeness (QED) is 0.245. The molecule has 0 unspecified atom stereocenters. The van der Waals surface area contributed by atoms with Crippen LogP contribution in [-0.4, -0.2) is 57.4 Å². The van der Waals surface area contributed by atoms with Gasteiger partial charge in [0.1, 0.15) is 23.2 Å². The monoisotopic (exact) mass is 550 g/mol. The maximum Gasteiger partial charge on any atom is 0.331 e. The molecule has 3 aromatic rings. The molecule has 38 heavy (non-hydrogen) atoms. The molecule has 2 aliphatic rings. The van der Waals surface area contributed by atoms with Crippen molar-refractivity contribution in [1.29, 1.82) is 0 Å². The molecule has 7 nitrogen and oxygen atoms in total. The summed E-state index contributed by atoms with van der Waals surface area (Å²) in [5.74, 6) is -0.618. The molecule has 2 amide bonds. The van der Waals surface area contributed by atoms with E-state index in [2.05, 4.69) is 5.32 Å². The minimum absolute atomic E-state index is 0.122. The van der Waals surface area contributed by atoms with E-state index in [4.69, 9.17) is 21.1 Å². The summed E-state index contributed by atoms with van der Waals surface area (Å²) in [5.41, 5.74) is 1.64. The van der Waals surface area contributed by atoms with Crippen molar-refractivity contribution >= 4 is 41.1 Å². The molecule has 0 radical (unpaired) electrons. The number of halogens is 1. The smallest absolute Gasteiger partial charge is 0.331 e. The summed E-state index contributed by atoms with van der Waals surface area (Å²) in [6.07, 6.45) is -0.643. The van der Waals surface area contributed by atoms with Crippen LogP contribution >= 0.6 is 23.4 Å². The van der Waals surface area contributed by atoms with Gasteiger partial charge in [-0.15, -0.1) is 23.4 Å². The molecule has 2 fully saturated rings. The van der Waals surface area contributed by atoms with Crippen LogP contribution in [-0.2, 0) is 19.1 Å². The number of carbonyl (C=O) groups excluding carboxylic acids is 3. The summed E-state index contributed by atoms with van der Waals surface area (Å²) in [6, 6.07) is 26.2. The van der Waals surface area contributed by atoms with Crippen LogP contribution in [0.15, 0.2) is 91.0 Å². The highest BCUT2D eigenvalue weighted by Crippen LogP contribution is 2.52. The lowest BCUT2D eigenvalue weighted by Gasteiger charge is -2.44. The van der Waals surface area contributed by atoms with Crippen molar-refractivity contribution in [2.75, 3.05) is 12.5 Å². The van der Waals surface area contributed by atoms with Gasteiger partial charge in [-0.2, -0.15) is 0 Å². The summed E-state index contributed by atoms with van der Waals surface area (Å²) in [6.45, 7) is 1.62. The Bertz CT molecular complexity index is 1260. The highest BCUT2D eigenvalue weighted by molar-refractivity contribution is 8.01. The molecule has 2 heterocycles. The van der Waals surface area contributed by atoms with Crippen LogP contribution in [0.25, 0.3) is 0 Å². The Morgan fingerprint density at radius 3 is 2.08 bits per heavy atom. The topological polar surface area (TPSA) is 84.9 Å². The standard InChI is InChI=1S/C29H27ClN2O5S/c1-29(18-30)25(28(35)37-24(19-11-5-2-6-12-19)20-13-7-3-8-14-20)32-26(34)23(27(32)38-29)31-22(33)17-36-21-15-9-4-10-16-21/h2-16,23-25,27H,17-18H2,1H3,(H,31,33)/t23-,25+,27-,29+/m1/s1. The van der Waals surface area contributed by atoms with E-state index in [0.717, 1.165) is 11.1 Å². The van der Waals surface area contributed by atoms with E-state index in [9.17, 15) is 14.4 Å². The zero-order chi connectivity index (χ0) is 26.7. The fourth-order valence-corrected chi connectivity index (χ4v) is 6.71. The molecule has 0 aliphatic carbocycles. The lowest BCUT2D eigenvalue weighted by atomic mass is 9.95. The van der Waals surface area contributed by atoms with E-state index in [1.165, 1.54) is 16.7 Å². The molecule has 0 spiro atoms. The Morgan fingerprint density at radius 1 is 0.974 bits per heavy atom.